The summed E-state index contributed by atoms with van der Waals surface area (Å²) < 4.78 is 29.8. The fourth-order valence-corrected chi connectivity index (χ4v) is 3.06. The van der Waals surface area contributed by atoms with Crippen LogP contribution in [0.25, 0.3) is 0 Å². The van der Waals surface area contributed by atoms with Crippen LogP contribution in [0.1, 0.15) is 5.56 Å². The van der Waals surface area contributed by atoms with Crippen molar-refractivity contribution in [3.63, 3.8) is 0 Å². The maximum atomic E-state index is 12.0. The minimum atomic E-state index is -3.79. The molecule has 0 radical (unpaired) electrons. The highest BCUT2D eigenvalue weighted by Gasteiger charge is 2.18. The summed E-state index contributed by atoms with van der Waals surface area (Å²) in [6, 6.07) is 5.85. The van der Waals surface area contributed by atoms with Crippen LogP contribution in [0.3, 0.4) is 0 Å². The van der Waals surface area contributed by atoms with Crippen molar-refractivity contribution in [3.8, 4) is 6.07 Å². The number of rotatable bonds is 3. The zero-order valence-electron chi connectivity index (χ0n) is 8.86. The molecule has 1 heterocycles. The number of nitrogen functional groups attached to an aromatic ring is 1. The van der Waals surface area contributed by atoms with Gasteiger partial charge in [-0.2, -0.15) is 5.26 Å². The van der Waals surface area contributed by atoms with E-state index in [1.165, 1.54) is 24.4 Å². The standard InChI is InChI=1S/C9H7N5O2S2/c10-4-6-1-2-8(7(11)3-6)18(15,16)13-9-5-12-14-17-9/h1-3,5,13H,11H2. The SMILES string of the molecule is N#Cc1ccc(S(=O)(=O)Nc2cnns2)c(N)c1. The van der Waals surface area contributed by atoms with E-state index in [1.807, 2.05) is 6.07 Å². The van der Waals surface area contributed by atoms with Crippen LogP contribution >= 0.6 is 11.5 Å². The Morgan fingerprint density at radius 3 is 2.78 bits per heavy atom. The van der Waals surface area contributed by atoms with Gasteiger partial charge in [0.1, 0.15) is 9.90 Å². The summed E-state index contributed by atoms with van der Waals surface area (Å²) in [6.45, 7) is 0. The second-order valence-corrected chi connectivity index (χ2v) is 5.69. The minimum absolute atomic E-state index is 0.0130. The van der Waals surface area contributed by atoms with Gasteiger partial charge in [-0.15, -0.1) is 5.10 Å². The maximum Gasteiger partial charge on any atom is 0.264 e. The molecule has 0 spiro atoms. The first-order valence-corrected chi connectivity index (χ1v) is 6.88. The Balaban J connectivity index is 2.39. The van der Waals surface area contributed by atoms with E-state index < -0.39 is 10.0 Å². The van der Waals surface area contributed by atoms with Crippen LogP contribution < -0.4 is 10.5 Å². The molecular weight excluding hydrogens is 274 g/mol. The molecule has 0 aliphatic rings. The molecule has 18 heavy (non-hydrogen) atoms. The van der Waals surface area contributed by atoms with Crippen LogP contribution in [0, 0.1) is 11.3 Å². The third-order valence-corrected chi connectivity index (χ3v) is 4.17. The Labute approximate surface area is 107 Å². The van der Waals surface area contributed by atoms with Crippen molar-refractivity contribution >= 4 is 32.2 Å². The van der Waals surface area contributed by atoms with E-state index in [4.69, 9.17) is 11.0 Å². The van der Waals surface area contributed by atoms with Crippen molar-refractivity contribution in [3.05, 3.63) is 30.0 Å². The number of sulfonamides is 1. The average Bonchev–Trinajstić information content (AvgIpc) is 2.80. The largest absolute Gasteiger partial charge is 0.398 e. The van der Waals surface area contributed by atoms with Gasteiger partial charge in [0, 0.05) is 11.5 Å². The number of nitriles is 1. The molecule has 0 aliphatic carbocycles. The van der Waals surface area contributed by atoms with Gasteiger partial charge in [-0.3, -0.25) is 4.72 Å². The van der Waals surface area contributed by atoms with E-state index >= 15 is 0 Å². The molecule has 9 heteroatoms. The molecule has 0 aliphatic heterocycles. The Bertz CT molecular complexity index is 703. The molecule has 3 N–H and O–H groups in total. The lowest BCUT2D eigenvalue weighted by molar-refractivity contribution is 0.601. The predicted octanol–water partition coefficient (Wildman–Crippen LogP) is 0.793. The molecule has 2 aromatic rings. The van der Waals surface area contributed by atoms with E-state index in [1.54, 1.807) is 0 Å². The zero-order valence-corrected chi connectivity index (χ0v) is 10.5. The number of nitrogens with one attached hydrogen (secondary N) is 1. The Morgan fingerprint density at radius 2 is 2.22 bits per heavy atom. The number of benzene rings is 1. The van der Waals surface area contributed by atoms with Crippen molar-refractivity contribution in [2.75, 3.05) is 10.5 Å². The average molecular weight is 281 g/mol. The Hall–Kier alpha value is -2.18. The zero-order chi connectivity index (χ0) is 13.2. The third-order valence-electron chi connectivity index (χ3n) is 2.02. The Kier molecular flexibility index (Phi) is 3.14. The van der Waals surface area contributed by atoms with Gasteiger partial charge in [0.2, 0.25) is 0 Å². The number of nitrogens with two attached hydrogens (primary N) is 1. The van der Waals surface area contributed by atoms with Crippen molar-refractivity contribution in [1.82, 2.24) is 9.59 Å². The molecule has 0 saturated heterocycles. The predicted molar refractivity (Wildman–Crippen MR) is 66.3 cm³/mol. The normalized spacial score (nSPS) is 10.8. The highest BCUT2D eigenvalue weighted by Crippen LogP contribution is 2.23. The summed E-state index contributed by atoms with van der Waals surface area (Å²) in [4.78, 5) is -0.0881. The molecule has 0 bridgehead atoms. The molecule has 2 rings (SSSR count). The monoisotopic (exact) mass is 281 g/mol. The van der Waals surface area contributed by atoms with E-state index in [2.05, 4.69) is 14.3 Å². The van der Waals surface area contributed by atoms with E-state index in [9.17, 15) is 8.42 Å². The lowest BCUT2D eigenvalue weighted by Gasteiger charge is -2.07. The van der Waals surface area contributed by atoms with Gasteiger partial charge in [-0.1, -0.05) is 4.49 Å². The number of nitrogens with zero attached hydrogens (tertiary/aromatic N) is 3. The number of anilines is 2. The minimum Gasteiger partial charge on any atom is -0.398 e. The summed E-state index contributed by atoms with van der Waals surface area (Å²) in [5.74, 6) is 0. The van der Waals surface area contributed by atoms with Crippen LogP contribution in [-0.2, 0) is 10.0 Å². The molecule has 0 unspecified atom stereocenters. The lowest BCUT2D eigenvalue weighted by Crippen LogP contribution is -2.14. The first kappa shape index (κ1) is 12.3. The quantitative estimate of drug-likeness (QED) is 0.802. The Morgan fingerprint density at radius 1 is 1.44 bits per heavy atom. The van der Waals surface area contributed by atoms with E-state index in [0.29, 0.717) is 10.6 Å². The molecule has 0 fully saturated rings. The second kappa shape index (κ2) is 4.59. The first-order chi connectivity index (χ1) is 8.53. The molecule has 0 amide bonds. The molecule has 7 nitrogen and oxygen atoms in total. The summed E-state index contributed by atoms with van der Waals surface area (Å²) in [6.07, 6.45) is 1.29. The van der Waals surface area contributed by atoms with Gasteiger partial charge < -0.3 is 5.73 Å². The fraction of sp³-hybridized carbons (Fsp3) is 0. The van der Waals surface area contributed by atoms with Crippen LogP contribution in [0.4, 0.5) is 10.7 Å². The molecule has 0 atom stereocenters. The summed E-state index contributed by atoms with van der Waals surface area (Å²) in [5, 5.41) is 12.5. The maximum absolute atomic E-state index is 12.0. The molecule has 1 aromatic heterocycles. The van der Waals surface area contributed by atoms with Gasteiger partial charge in [-0.25, -0.2) is 8.42 Å². The molecule has 92 valence electrons. The van der Waals surface area contributed by atoms with Crippen LogP contribution in [-0.4, -0.2) is 18.0 Å². The molecule has 1 aromatic carbocycles. The van der Waals surface area contributed by atoms with Crippen molar-refractivity contribution in [2.24, 2.45) is 0 Å². The second-order valence-electron chi connectivity index (χ2n) is 3.25. The fourth-order valence-electron chi connectivity index (χ4n) is 1.26. The van der Waals surface area contributed by atoms with E-state index in [0.717, 1.165) is 11.5 Å². The first-order valence-electron chi connectivity index (χ1n) is 4.63. The van der Waals surface area contributed by atoms with Crippen LogP contribution in [0.15, 0.2) is 29.3 Å². The topological polar surface area (TPSA) is 122 Å². The van der Waals surface area contributed by atoms with Gasteiger partial charge in [0.15, 0.2) is 0 Å². The number of aromatic nitrogens is 2. The van der Waals surface area contributed by atoms with Crippen LogP contribution in [0.2, 0.25) is 0 Å². The van der Waals surface area contributed by atoms with E-state index in [-0.39, 0.29) is 10.6 Å². The van der Waals surface area contributed by atoms with Crippen molar-refractivity contribution < 1.29 is 8.42 Å². The summed E-state index contributed by atoms with van der Waals surface area (Å²) in [7, 11) is -3.79. The van der Waals surface area contributed by atoms with Gasteiger partial charge in [0.25, 0.3) is 10.0 Å². The lowest BCUT2D eigenvalue weighted by atomic mass is 10.2. The summed E-state index contributed by atoms with van der Waals surface area (Å²) in [5.41, 5.74) is 5.92. The highest BCUT2D eigenvalue weighted by molar-refractivity contribution is 7.93. The highest BCUT2D eigenvalue weighted by atomic mass is 32.2. The number of hydrogen-bond donors (Lipinski definition) is 2. The van der Waals surface area contributed by atoms with Gasteiger partial charge in [0.05, 0.1) is 23.5 Å². The van der Waals surface area contributed by atoms with Crippen LogP contribution in [0.5, 0.6) is 0 Å². The third kappa shape index (κ3) is 2.39. The molecule has 0 saturated carbocycles. The molecular formula is C9H7N5O2S2. The van der Waals surface area contributed by atoms with Crippen molar-refractivity contribution in [2.45, 2.75) is 4.90 Å². The van der Waals surface area contributed by atoms with Crippen molar-refractivity contribution in [1.29, 1.82) is 5.26 Å². The number of hydrogen-bond acceptors (Lipinski definition) is 7. The smallest absolute Gasteiger partial charge is 0.264 e. The summed E-state index contributed by atoms with van der Waals surface area (Å²) >= 11 is 0.913. The van der Waals surface area contributed by atoms with Gasteiger partial charge >= 0.3 is 0 Å². The van der Waals surface area contributed by atoms with Gasteiger partial charge in [-0.05, 0) is 18.2 Å².